The van der Waals surface area contributed by atoms with E-state index in [-0.39, 0.29) is 29.2 Å². The number of halogens is 1. The van der Waals surface area contributed by atoms with Crippen molar-refractivity contribution >= 4 is 21.8 Å². The lowest BCUT2D eigenvalue weighted by Gasteiger charge is -2.19. The maximum atomic E-state index is 13.1. The Bertz CT molecular complexity index is 1040. The summed E-state index contributed by atoms with van der Waals surface area (Å²) >= 11 is 0. The van der Waals surface area contributed by atoms with Crippen molar-refractivity contribution < 1.29 is 22.4 Å². The molecule has 0 aromatic heterocycles. The molecule has 2 rings (SSSR count). The summed E-state index contributed by atoms with van der Waals surface area (Å²) in [6.45, 7) is 5.79. The van der Waals surface area contributed by atoms with Crippen LogP contribution in [-0.2, 0) is 21.2 Å². The third-order valence-corrected chi connectivity index (χ3v) is 7.15. The number of aryl methyl sites for hydroxylation is 1. The third-order valence-electron chi connectivity index (χ3n) is 5.10. The van der Waals surface area contributed by atoms with Crippen LogP contribution in [0.5, 0.6) is 0 Å². The standard InChI is InChI=1S/C22H28FN3O4S/c1-4-26(5-2)31(29,30)19-11-6-15(3)20(13-19)22(28)25-14-17(21(24)27)12-16-7-9-18(23)10-8-16/h6-11,13,17H,4-5,12,14H2,1-3H3,(H2,24,27)(H,25,28)/t17-/m0/s1. The minimum atomic E-state index is -3.71. The molecule has 168 valence electrons. The highest BCUT2D eigenvalue weighted by Gasteiger charge is 2.24. The Morgan fingerprint density at radius 1 is 1.10 bits per heavy atom. The minimum absolute atomic E-state index is 0.0298. The first-order valence-electron chi connectivity index (χ1n) is 10.0. The summed E-state index contributed by atoms with van der Waals surface area (Å²) < 4.78 is 39.9. The van der Waals surface area contributed by atoms with Crippen molar-refractivity contribution in [2.45, 2.75) is 32.1 Å². The van der Waals surface area contributed by atoms with E-state index in [2.05, 4.69) is 5.32 Å². The fraction of sp³-hybridized carbons (Fsp3) is 0.364. The summed E-state index contributed by atoms with van der Waals surface area (Å²) in [5, 5.41) is 2.67. The molecule has 0 aliphatic carbocycles. The lowest BCUT2D eigenvalue weighted by atomic mass is 9.98. The van der Waals surface area contributed by atoms with E-state index in [0.29, 0.717) is 24.2 Å². The van der Waals surface area contributed by atoms with Gasteiger partial charge in [-0.15, -0.1) is 0 Å². The number of carbonyl (C=O) groups excluding carboxylic acids is 2. The van der Waals surface area contributed by atoms with Gasteiger partial charge in [-0.1, -0.05) is 32.0 Å². The van der Waals surface area contributed by atoms with Gasteiger partial charge in [0.05, 0.1) is 10.8 Å². The highest BCUT2D eigenvalue weighted by Crippen LogP contribution is 2.20. The predicted molar refractivity (Wildman–Crippen MR) is 116 cm³/mol. The van der Waals surface area contributed by atoms with Crippen molar-refractivity contribution in [1.29, 1.82) is 0 Å². The molecule has 0 radical (unpaired) electrons. The molecule has 0 saturated carbocycles. The Hall–Kier alpha value is -2.78. The van der Waals surface area contributed by atoms with E-state index in [0.717, 1.165) is 0 Å². The number of nitrogens with two attached hydrogens (primary N) is 1. The third kappa shape index (κ3) is 6.11. The van der Waals surface area contributed by atoms with Crippen LogP contribution in [0.15, 0.2) is 47.4 Å². The zero-order valence-corrected chi connectivity index (χ0v) is 18.7. The van der Waals surface area contributed by atoms with Gasteiger partial charge in [0, 0.05) is 25.2 Å². The molecule has 2 amide bonds. The molecule has 0 unspecified atom stereocenters. The number of rotatable bonds is 10. The Labute approximate surface area is 182 Å². The molecule has 0 aliphatic rings. The molecule has 9 heteroatoms. The Morgan fingerprint density at radius 3 is 2.26 bits per heavy atom. The SMILES string of the molecule is CCN(CC)S(=O)(=O)c1ccc(C)c(C(=O)NC[C@H](Cc2ccc(F)cc2)C(N)=O)c1. The zero-order chi connectivity index (χ0) is 23.2. The van der Waals surface area contributed by atoms with Crippen molar-refractivity contribution in [3.05, 3.63) is 65.0 Å². The van der Waals surface area contributed by atoms with Gasteiger partial charge >= 0.3 is 0 Å². The monoisotopic (exact) mass is 449 g/mol. The van der Waals surface area contributed by atoms with E-state index in [1.54, 1.807) is 39.0 Å². The normalized spacial score (nSPS) is 12.5. The second-order valence-electron chi connectivity index (χ2n) is 7.21. The average molecular weight is 450 g/mol. The van der Waals surface area contributed by atoms with Crippen LogP contribution in [0.1, 0.15) is 35.3 Å². The number of carbonyl (C=O) groups is 2. The number of hydrogen-bond acceptors (Lipinski definition) is 4. The number of benzene rings is 2. The van der Waals surface area contributed by atoms with Crippen LogP contribution in [0.4, 0.5) is 4.39 Å². The smallest absolute Gasteiger partial charge is 0.251 e. The summed E-state index contributed by atoms with van der Waals surface area (Å²) in [7, 11) is -3.71. The van der Waals surface area contributed by atoms with E-state index in [9.17, 15) is 22.4 Å². The second kappa shape index (κ2) is 10.5. The molecule has 0 fully saturated rings. The summed E-state index contributed by atoms with van der Waals surface area (Å²) in [6.07, 6.45) is 0.241. The number of nitrogens with zero attached hydrogens (tertiary/aromatic N) is 1. The van der Waals surface area contributed by atoms with E-state index in [1.807, 2.05) is 0 Å². The van der Waals surface area contributed by atoms with Crippen molar-refractivity contribution in [1.82, 2.24) is 9.62 Å². The van der Waals surface area contributed by atoms with Gasteiger partial charge in [-0.25, -0.2) is 12.8 Å². The van der Waals surface area contributed by atoms with Crippen molar-refractivity contribution in [3.8, 4) is 0 Å². The highest BCUT2D eigenvalue weighted by molar-refractivity contribution is 7.89. The Kier molecular flexibility index (Phi) is 8.29. The van der Waals surface area contributed by atoms with E-state index >= 15 is 0 Å². The van der Waals surface area contributed by atoms with Crippen LogP contribution in [0.3, 0.4) is 0 Å². The fourth-order valence-corrected chi connectivity index (χ4v) is 4.69. The van der Waals surface area contributed by atoms with Crippen LogP contribution in [0.2, 0.25) is 0 Å². The lowest BCUT2D eigenvalue weighted by molar-refractivity contribution is -0.121. The molecule has 0 saturated heterocycles. The summed E-state index contributed by atoms with van der Waals surface area (Å²) in [5.74, 6) is -2.18. The molecule has 3 N–H and O–H groups in total. The molecule has 0 aliphatic heterocycles. The van der Waals surface area contributed by atoms with Gasteiger partial charge in [0.25, 0.3) is 5.91 Å². The average Bonchev–Trinajstić information content (AvgIpc) is 2.72. The largest absolute Gasteiger partial charge is 0.369 e. The minimum Gasteiger partial charge on any atom is -0.369 e. The van der Waals surface area contributed by atoms with Crippen LogP contribution in [0.25, 0.3) is 0 Å². The van der Waals surface area contributed by atoms with Crippen LogP contribution >= 0.6 is 0 Å². The van der Waals surface area contributed by atoms with Crippen molar-refractivity contribution in [3.63, 3.8) is 0 Å². The molecular weight excluding hydrogens is 421 g/mol. The first-order valence-corrected chi connectivity index (χ1v) is 11.5. The number of hydrogen-bond donors (Lipinski definition) is 2. The molecule has 0 heterocycles. The molecule has 31 heavy (non-hydrogen) atoms. The van der Waals surface area contributed by atoms with Gasteiger partial charge in [-0.2, -0.15) is 4.31 Å². The molecule has 0 spiro atoms. The molecule has 2 aromatic carbocycles. The number of nitrogens with one attached hydrogen (secondary N) is 1. The fourth-order valence-electron chi connectivity index (χ4n) is 3.21. The molecule has 1 atom stereocenters. The summed E-state index contributed by atoms with van der Waals surface area (Å²) in [4.78, 5) is 24.6. The summed E-state index contributed by atoms with van der Waals surface area (Å²) in [6, 6.07) is 10.1. The predicted octanol–water partition coefficient (Wildman–Crippen LogP) is 2.24. The molecule has 2 aromatic rings. The van der Waals surface area contributed by atoms with Crippen LogP contribution < -0.4 is 11.1 Å². The zero-order valence-electron chi connectivity index (χ0n) is 17.9. The van der Waals surface area contributed by atoms with Crippen LogP contribution in [-0.4, -0.2) is 44.2 Å². The first kappa shape index (κ1) is 24.5. The number of amides is 2. The van der Waals surface area contributed by atoms with Gasteiger partial charge in [0.15, 0.2) is 0 Å². The van der Waals surface area contributed by atoms with Crippen LogP contribution in [0, 0.1) is 18.7 Å². The topological polar surface area (TPSA) is 110 Å². The van der Waals surface area contributed by atoms with Gasteiger partial charge in [-0.3, -0.25) is 9.59 Å². The number of primary amides is 1. The van der Waals surface area contributed by atoms with E-state index < -0.39 is 27.8 Å². The maximum Gasteiger partial charge on any atom is 0.251 e. The second-order valence-corrected chi connectivity index (χ2v) is 9.14. The van der Waals surface area contributed by atoms with E-state index in [4.69, 9.17) is 5.73 Å². The molecule has 0 bridgehead atoms. The molecule has 7 nitrogen and oxygen atoms in total. The highest BCUT2D eigenvalue weighted by atomic mass is 32.2. The van der Waals surface area contributed by atoms with Gasteiger partial charge in [0.1, 0.15) is 5.82 Å². The van der Waals surface area contributed by atoms with Crippen molar-refractivity contribution in [2.24, 2.45) is 11.7 Å². The molecular formula is C22H28FN3O4S. The lowest BCUT2D eigenvalue weighted by Crippen LogP contribution is -2.37. The van der Waals surface area contributed by atoms with Gasteiger partial charge in [-0.05, 0) is 48.7 Å². The Morgan fingerprint density at radius 2 is 1.71 bits per heavy atom. The summed E-state index contributed by atoms with van der Waals surface area (Å²) in [5.41, 5.74) is 6.98. The van der Waals surface area contributed by atoms with Gasteiger partial charge < -0.3 is 11.1 Å². The quantitative estimate of drug-likeness (QED) is 0.580. The van der Waals surface area contributed by atoms with Crippen molar-refractivity contribution in [2.75, 3.05) is 19.6 Å². The van der Waals surface area contributed by atoms with E-state index in [1.165, 1.54) is 28.6 Å². The first-order chi connectivity index (χ1) is 14.6. The Balaban J connectivity index is 2.18. The number of sulfonamides is 1. The van der Waals surface area contributed by atoms with Gasteiger partial charge in [0.2, 0.25) is 15.9 Å². The maximum absolute atomic E-state index is 13.1.